The fourth-order valence-electron chi connectivity index (χ4n) is 6.78. The van der Waals surface area contributed by atoms with Crippen LogP contribution < -0.4 is 9.80 Å². The van der Waals surface area contributed by atoms with Crippen molar-refractivity contribution in [1.29, 1.82) is 0 Å². The Labute approximate surface area is 466 Å². The lowest BCUT2D eigenvalue weighted by atomic mass is 9.97. The Morgan fingerprint density at radius 1 is 0.409 bits per heavy atom. The molecule has 2 aromatic carbocycles. The van der Waals surface area contributed by atoms with Gasteiger partial charge in [-0.2, -0.15) is 0 Å². The van der Waals surface area contributed by atoms with Crippen LogP contribution in [0.1, 0.15) is 107 Å². The number of carbonyl (C=O) groups excluding carboxylic acids is 6. The first-order valence-corrected chi connectivity index (χ1v) is 26.9. The first kappa shape index (κ1) is 62.2. The summed E-state index contributed by atoms with van der Waals surface area (Å²) in [5.74, 6) is -2.83. The second kappa shape index (κ2) is 30.8. The van der Waals surface area contributed by atoms with Crippen LogP contribution in [-0.4, -0.2) is 159 Å². The predicted octanol–water partition coefficient (Wildman–Crippen LogP) is 5.96. The molecular formula is C43H56I6N2O15. The number of ether oxygens (including phenoxy) is 4. The van der Waals surface area contributed by atoms with Crippen LogP contribution in [0.5, 0.6) is 0 Å². The Bertz CT molecular complexity index is 1810. The average molecular weight is 1600 g/mol. The Kier molecular flexibility index (Phi) is 29.1. The number of hydrogen-bond acceptors (Lipinski definition) is 15. The Hall–Kier alpha value is 0.0800. The largest absolute Gasteiger partial charge is 0.391 e. The molecule has 0 spiro atoms. The molecule has 0 aliphatic heterocycles. The standard InChI is InChI=1S/C43H56I6N2O15/c1-21(52)50(42-38(46)32(28(59)11-7-23(54)17-63-3)36(44)33(39(42)47)29(60)12-8-24(55)18-64-4)15-27(58)16-51(22(2)53)43-40(48)34(30(61)13-9-25(56)19-65-5)37(45)35(41(43)49)31(62)14-10-26(57)20-66-6/h23-27,54-58H,7-20H2,1-6H3. The van der Waals surface area contributed by atoms with E-state index in [0.717, 1.165) is 0 Å². The van der Waals surface area contributed by atoms with Gasteiger partial charge in [0.2, 0.25) is 11.8 Å². The van der Waals surface area contributed by atoms with E-state index in [0.29, 0.717) is 21.4 Å². The molecule has 0 radical (unpaired) electrons. The molecular weight excluding hydrogens is 1550 g/mol. The highest BCUT2D eigenvalue weighted by molar-refractivity contribution is 14.1. The zero-order valence-corrected chi connectivity index (χ0v) is 50.2. The minimum absolute atomic E-state index is 0.00614. The van der Waals surface area contributed by atoms with Gasteiger partial charge < -0.3 is 54.3 Å². The summed E-state index contributed by atoms with van der Waals surface area (Å²) >= 11 is 11.6. The second-order valence-corrected chi connectivity index (χ2v) is 21.8. The summed E-state index contributed by atoms with van der Waals surface area (Å²) < 4.78 is 21.9. The van der Waals surface area contributed by atoms with Crippen LogP contribution in [-0.2, 0) is 28.5 Å². The number of carbonyl (C=O) groups is 6. The van der Waals surface area contributed by atoms with Gasteiger partial charge in [0, 0.05) is 112 Å². The van der Waals surface area contributed by atoms with E-state index in [1.807, 2.05) is 136 Å². The number of methoxy groups -OCH3 is 4. The summed E-state index contributed by atoms with van der Waals surface area (Å²) in [5, 5.41) is 53.4. The summed E-state index contributed by atoms with van der Waals surface area (Å²) in [5.41, 5.74) is 0.833. The van der Waals surface area contributed by atoms with E-state index in [4.69, 9.17) is 18.9 Å². The van der Waals surface area contributed by atoms with Crippen LogP contribution in [0.3, 0.4) is 0 Å². The maximum Gasteiger partial charge on any atom is 0.224 e. The van der Waals surface area contributed by atoms with Crippen molar-refractivity contribution in [2.45, 2.75) is 95.7 Å². The fourth-order valence-corrected chi connectivity index (χ4v) is 16.7. The van der Waals surface area contributed by atoms with E-state index >= 15 is 0 Å². The number of aliphatic hydroxyl groups excluding tert-OH is 5. The number of nitrogens with zero attached hydrogens (tertiary/aromatic N) is 2. The van der Waals surface area contributed by atoms with Gasteiger partial charge in [-0.3, -0.25) is 28.8 Å². The van der Waals surface area contributed by atoms with Crippen molar-refractivity contribution in [2.75, 3.05) is 77.8 Å². The number of amides is 2. The summed E-state index contributed by atoms with van der Waals surface area (Å²) in [4.78, 5) is 85.9. The molecule has 2 aromatic rings. The van der Waals surface area contributed by atoms with Gasteiger partial charge in [-0.1, -0.05) is 0 Å². The van der Waals surface area contributed by atoms with Crippen LogP contribution >= 0.6 is 136 Å². The molecule has 0 fully saturated rings. The molecule has 4 atom stereocenters. The Morgan fingerprint density at radius 3 is 0.803 bits per heavy atom. The molecule has 0 saturated carbocycles. The number of hydrogen-bond donors (Lipinski definition) is 5. The third-order valence-corrected chi connectivity index (χ3v) is 16.4. The quantitative estimate of drug-likeness (QED) is 0.0447. The molecule has 0 aromatic heterocycles. The van der Waals surface area contributed by atoms with E-state index < -0.39 is 78.6 Å². The minimum atomic E-state index is -1.51. The van der Waals surface area contributed by atoms with Gasteiger partial charge in [0.15, 0.2) is 23.1 Å². The number of benzene rings is 2. The Morgan fingerprint density at radius 2 is 0.621 bits per heavy atom. The summed E-state index contributed by atoms with van der Waals surface area (Å²) in [6, 6.07) is 0. The van der Waals surface area contributed by atoms with Gasteiger partial charge in [0.05, 0.1) is 81.4 Å². The molecule has 0 aliphatic rings. The van der Waals surface area contributed by atoms with Crippen molar-refractivity contribution in [3.8, 4) is 0 Å². The molecule has 66 heavy (non-hydrogen) atoms. The van der Waals surface area contributed by atoms with Crippen molar-refractivity contribution in [1.82, 2.24) is 0 Å². The molecule has 0 saturated heterocycles. The molecule has 23 heteroatoms. The summed E-state index contributed by atoms with van der Waals surface area (Å²) in [6.07, 6.45) is -5.61. The zero-order chi connectivity index (χ0) is 50.2. The molecule has 17 nitrogen and oxygen atoms in total. The first-order chi connectivity index (χ1) is 31.0. The predicted molar refractivity (Wildman–Crippen MR) is 297 cm³/mol. The van der Waals surface area contributed by atoms with Crippen molar-refractivity contribution in [2.24, 2.45) is 0 Å². The third-order valence-electron chi connectivity index (χ3n) is 10.0. The normalized spacial score (nSPS) is 13.8. The molecule has 2 amide bonds. The molecule has 0 heterocycles. The lowest BCUT2D eigenvalue weighted by molar-refractivity contribution is -0.117. The van der Waals surface area contributed by atoms with Crippen molar-refractivity contribution in [3.05, 3.63) is 43.7 Å². The van der Waals surface area contributed by atoms with Gasteiger partial charge in [0.25, 0.3) is 0 Å². The Balaban J connectivity index is 2.83. The van der Waals surface area contributed by atoms with E-state index in [9.17, 15) is 54.3 Å². The number of Topliss-reactive ketones (excluding diaryl/α,β-unsaturated/α-hetero) is 4. The molecule has 0 bridgehead atoms. The molecule has 5 N–H and O–H groups in total. The lowest BCUT2D eigenvalue weighted by Crippen LogP contribution is -2.45. The maximum atomic E-state index is 14.0. The first-order valence-electron chi connectivity index (χ1n) is 20.5. The fraction of sp³-hybridized carbons (Fsp3) is 0.581. The van der Waals surface area contributed by atoms with Crippen LogP contribution in [0.4, 0.5) is 11.4 Å². The van der Waals surface area contributed by atoms with Gasteiger partial charge in [0.1, 0.15) is 0 Å². The van der Waals surface area contributed by atoms with Gasteiger partial charge in [-0.25, -0.2) is 0 Å². The highest BCUT2D eigenvalue weighted by Crippen LogP contribution is 2.42. The van der Waals surface area contributed by atoms with E-state index in [1.54, 1.807) is 0 Å². The van der Waals surface area contributed by atoms with Crippen LogP contribution in [0.15, 0.2) is 0 Å². The highest BCUT2D eigenvalue weighted by atomic mass is 127. The number of halogens is 6. The lowest BCUT2D eigenvalue weighted by Gasteiger charge is -2.32. The molecule has 4 unspecified atom stereocenters. The van der Waals surface area contributed by atoms with E-state index in [2.05, 4.69) is 0 Å². The number of anilines is 2. The number of rotatable bonds is 30. The minimum Gasteiger partial charge on any atom is -0.391 e. The zero-order valence-electron chi connectivity index (χ0n) is 37.3. The van der Waals surface area contributed by atoms with Crippen LogP contribution in [0.2, 0.25) is 0 Å². The van der Waals surface area contributed by atoms with Crippen LogP contribution in [0.25, 0.3) is 0 Å². The topological polar surface area (TPSA) is 247 Å². The molecule has 370 valence electrons. The van der Waals surface area contributed by atoms with Crippen molar-refractivity contribution in [3.63, 3.8) is 0 Å². The number of ketones is 4. The van der Waals surface area contributed by atoms with Gasteiger partial charge >= 0.3 is 0 Å². The third kappa shape index (κ3) is 17.7. The van der Waals surface area contributed by atoms with Gasteiger partial charge in [-0.05, 0) is 161 Å². The average Bonchev–Trinajstić information content (AvgIpc) is 3.23. The highest BCUT2D eigenvalue weighted by Gasteiger charge is 2.35. The maximum absolute atomic E-state index is 14.0. The molecule has 2 rings (SSSR count). The van der Waals surface area contributed by atoms with Crippen molar-refractivity contribution < 1.29 is 73.2 Å². The number of aliphatic hydroxyl groups is 5. The van der Waals surface area contributed by atoms with Crippen LogP contribution in [0, 0.1) is 21.4 Å². The van der Waals surface area contributed by atoms with E-state index in [1.165, 1.54) is 52.1 Å². The van der Waals surface area contributed by atoms with Crippen molar-refractivity contribution >= 4 is 182 Å². The SMILES string of the molecule is COCC(O)CCC(=O)c1c(I)c(C(=O)CCC(O)COC)c(I)c(N(CC(O)CN(C(C)=O)c2c(I)c(C(=O)CCC(O)COC)c(I)c(C(=O)CCC(O)COC)c2I)C(C)=O)c1I. The summed E-state index contributed by atoms with van der Waals surface area (Å²) in [6.45, 7) is 1.58. The smallest absolute Gasteiger partial charge is 0.224 e. The monoisotopic (exact) mass is 1600 g/mol. The summed E-state index contributed by atoms with van der Waals surface area (Å²) in [7, 11) is 5.67. The molecule has 0 aliphatic carbocycles. The van der Waals surface area contributed by atoms with Gasteiger partial charge in [-0.15, -0.1) is 0 Å². The second-order valence-electron chi connectivity index (χ2n) is 15.3. The van der Waals surface area contributed by atoms with E-state index in [-0.39, 0.29) is 111 Å².